The van der Waals surface area contributed by atoms with E-state index in [-0.39, 0.29) is 5.41 Å². The summed E-state index contributed by atoms with van der Waals surface area (Å²) in [6, 6.07) is 6.29. The predicted molar refractivity (Wildman–Crippen MR) is 69.4 cm³/mol. The maximum Gasteiger partial charge on any atom is 0.0621 e. The number of rotatable bonds is 7. The Bertz CT molecular complexity index is 351. The lowest BCUT2D eigenvalue weighted by Gasteiger charge is -2.23. The second kappa shape index (κ2) is 7.03. The molecule has 92 valence electrons. The van der Waals surface area contributed by atoms with Gasteiger partial charge in [-0.25, -0.2) is 0 Å². The van der Waals surface area contributed by atoms with Crippen molar-refractivity contribution in [2.75, 3.05) is 13.1 Å². The van der Waals surface area contributed by atoms with Gasteiger partial charge in [-0.2, -0.15) is 5.26 Å². The minimum Gasteiger partial charge on any atom is -0.316 e. The molecule has 1 rings (SSSR count). The van der Waals surface area contributed by atoms with Crippen molar-refractivity contribution < 1.29 is 0 Å². The molecule has 3 nitrogen and oxygen atoms in total. The molecule has 0 amide bonds. The van der Waals surface area contributed by atoms with Gasteiger partial charge >= 0.3 is 0 Å². The largest absolute Gasteiger partial charge is 0.316 e. The third-order valence-corrected chi connectivity index (χ3v) is 2.86. The van der Waals surface area contributed by atoms with Gasteiger partial charge in [0.15, 0.2) is 0 Å². The molecule has 1 aromatic rings. The van der Waals surface area contributed by atoms with Crippen molar-refractivity contribution >= 4 is 0 Å². The maximum atomic E-state index is 8.57. The highest BCUT2D eigenvalue weighted by atomic mass is 14.9. The lowest BCUT2D eigenvalue weighted by Crippen LogP contribution is -2.30. The van der Waals surface area contributed by atoms with Gasteiger partial charge in [0.05, 0.1) is 6.07 Å². The lowest BCUT2D eigenvalue weighted by molar-refractivity contribution is 0.319. The van der Waals surface area contributed by atoms with E-state index in [4.69, 9.17) is 5.26 Å². The molecular formula is C14H21N3. The number of pyridine rings is 1. The summed E-state index contributed by atoms with van der Waals surface area (Å²) in [6.45, 7) is 6.33. The number of hydrogen-bond donors (Lipinski definition) is 1. The van der Waals surface area contributed by atoms with Crippen molar-refractivity contribution in [1.29, 1.82) is 5.26 Å². The molecule has 3 heteroatoms. The molecule has 1 aromatic heterocycles. The zero-order valence-corrected chi connectivity index (χ0v) is 10.7. The Balaban J connectivity index is 2.18. The van der Waals surface area contributed by atoms with Crippen molar-refractivity contribution in [2.45, 2.75) is 33.1 Å². The summed E-state index contributed by atoms with van der Waals surface area (Å²) in [4.78, 5) is 4.00. The first-order chi connectivity index (χ1) is 8.14. The van der Waals surface area contributed by atoms with E-state index in [1.54, 1.807) is 0 Å². The van der Waals surface area contributed by atoms with Gasteiger partial charge in [-0.1, -0.05) is 13.8 Å². The second-order valence-electron chi connectivity index (χ2n) is 5.10. The molecule has 0 fully saturated rings. The fraction of sp³-hybridized carbons (Fsp3) is 0.571. The normalized spacial score (nSPS) is 11.1. The van der Waals surface area contributed by atoms with Crippen LogP contribution >= 0.6 is 0 Å². The molecule has 0 saturated heterocycles. The number of nitriles is 1. The number of aromatic nitrogens is 1. The topological polar surface area (TPSA) is 48.7 Å². The van der Waals surface area contributed by atoms with Gasteiger partial charge < -0.3 is 5.32 Å². The van der Waals surface area contributed by atoms with Crippen LogP contribution in [0.4, 0.5) is 0 Å². The Morgan fingerprint density at radius 3 is 2.71 bits per heavy atom. The zero-order valence-electron chi connectivity index (χ0n) is 10.7. The lowest BCUT2D eigenvalue weighted by atomic mass is 9.88. The molecule has 0 unspecified atom stereocenters. The first kappa shape index (κ1) is 13.7. The Morgan fingerprint density at radius 1 is 1.35 bits per heavy atom. The average molecular weight is 231 g/mol. The first-order valence-corrected chi connectivity index (χ1v) is 6.11. The van der Waals surface area contributed by atoms with Crippen LogP contribution in [0, 0.1) is 16.7 Å². The first-order valence-electron chi connectivity index (χ1n) is 6.11. The van der Waals surface area contributed by atoms with Gasteiger partial charge in [0.1, 0.15) is 0 Å². The van der Waals surface area contributed by atoms with Crippen LogP contribution < -0.4 is 5.32 Å². The fourth-order valence-corrected chi connectivity index (χ4v) is 1.69. The standard InChI is InChI=1S/C14H21N3/c1-14(2,7-3-8-15)12-17-11-6-13-4-9-16-10-5-13/h4-5,9-10,17H,3,6-7,11-12H2,1-2H3. The van der Waals surface area contributed by atoms with Crippen LogP contribution in [0.5, 0.6) is 0 Å². The summed E-state index contributed by atoms with van der Waals surface area (Å²) >= 11 is 0. The Hall–Kier alpha value is -1.40. The molecule has 0 bridgehead atoms. The molecule has 0 aliphatic carbocycles. The van der Waals surface area contributed by atoms with Crippen LogP contribution in [0.1, 0.15) is 32.3 Å². The van der Waals surface area contributed by atoms with Gasteiger partial charge in [-0.15, -0.1) is 0 Å². The van der Waals surface area contributed by atoms with E-state index in [1.165, 1.54) is 5.56 Å². The van der Waals surface area contributed by atoms with Gasteiger partial charge in [-0.05, 0) is 42.5 Å². The molecule has 0 aliphatic heterocycles. The summed E-state index contributed by atoms with van der Waals surface area (Å²) in [5, 5.41) is 12.0. The Kier molecular flexibility index (Phi) is 5.65. The van der Waals surface area contributed by atoms with Crippen LogP contribution in [0.25, 0.3) is 0 Å². The smallest absolute Gasteiger partial charge is 0.0621 e. The monoisotopic (exact) mass is 231 g/mol. The molecule has 0 spiro atoms. The predicted octanol–water partition coefficient (Wildman–Crippen LogP) is 2.54. The van der Waals surface area contributed by atoms with Crippen molar-refractivity contribution in [3.63, 3.8) is 0 Å². The fourth-order valence-electron chi connectivity index (χ4n) is 1.69. The van der Waals surface area contributed by atoms with Gasteiger partial charge in [-0.3, -0.25) is 4.98 Å². The zero-order chi connectivity index (χ0) is 12.6. The minimum absolute atomic E-state index is 0.202. The van der Waals surface area contributed by atoms with Gasteiger partial charge in [0, 0.05) is 25.4 Å². The molecule has 0 saturated carbocycles. The molecule has 1 N–H and O–H groups in total. The highest BCUT2D eigenvalue weighted by Gasteiger charge is 2.16. The van der Waals surface area contributed by atoms with Crippen molar-refractivity contribution in [2.24, 2.45) is 5.41 Å². The highest BCUT2D eigenvalue weighted by molar-refractivity contribution is 5.09. The quantitative estimate of drug-likeness (QED) is 0.734. The average Bonchev–Trinajstić information content (AvgIpc) is 2.34. The van der Waals surface area contributed by atoms with E-state index in [0.717, 1.165) is 25.9 Å². The summed E-state index contributed by atoms with van der Waals surface area (Å²) in [6.07, 6.45) is 6.26. The van der Waals surface area contributed by atoms with Crippen LogP contribution in [-0.2, 0) is 6.42 Å². The van der Waals surface area contributed by atoms with E-state index in [1.807, 2.05) is 24.5 Å². The number of nitrogens with zero attached hydrogens (tertiary/aromatic N) is 2. The van der Waals surface area contributed by atoms with E-state index in [2.05, 4.69) is 30.2 Å². The SMILES string of the molecule is CC(C)(CCC#N)CNCCc1ccncc1. The highest BCUT2D eigenvalue weighted by Crippen LogP contribution is 2.20. The molecule has 0 atom stereocenters. The van der Waals surface area contributed by atoms with Crippen molar-refractivity contribution in [3.05, 3.63) is 30.1 Å². The summed E-state index contributed by atoms with van der Waals surface area (Å²) in [5.74, 6) is 0. The van der Waals surface area contributed by atoms with Gasteiger partial charge in [0.25, 0.3) is 0 Å². The number of hydrogen-bond acceptors (Lipinski definition) is 3. The summed E-state index contributed by atoms with van der Waals surface area (Å²) in [7, 11) is 0. The van der Waals surface area contributed by atoms with E-state index < -0.39 is 0 Å². The van der Waals surface area contributed by atoms with E-state index in [9.17, 15) is 0 Å². The summed E-state index contributed by atoms with van der Waals surface area (Å²) in [5.41, 5.74) is 1.51. The van der Waals surface area contributed by atoms with E-state index in [0.29, 0.717) is 6.42 Å². The second-order valence-corrected chi connectivity index (χ2v) is 5.10. The third-order valence-electron chi connectivity index (χ3n) is 2.86. The molecule has 17 heavy (non-hydrogen) atoms. The van der Waals surface area contributed by atoms with Crippen LogP contribution in [0.2, 0.25) is 0 Å². The summed E-state index contributed by atoms with van der Waals surface area (Å²) < 4.78 is 0. The third kappa shape index (κ3) is 6.03. The number of nitrogens with one attached hydrogen (secondary N) is 1. The van der Waals surface area contributed by atoms with Crippen molar-refractivity contribution in [1.82, 2.24) is 10.3 Å². The Labute approximate surface area is 104 Å². The molecule has 0 aliphatic rings. The van der Waals surface area contributed by atoms with Crippen LogP contribution in [-0.4, -0.2) is 18.1 Å². The molecule has 1 heterocycles. The minimum atomic E-state index is 0.202. The molecule has 0 aromatic carbocycles. The Morgan fingerprint density at radius 2 is 2.06 bits per heavy atom. The van der Waals surface area contributed by atoms with Crippen LogP contribution in [0.15, 0.2) is 24.5 Å². The molecule has 0 radical (unpaired) electrons. The van der Waals surface area contributed by atoms with Crippen LogP contribution in [0.3, 0.4) is 0 Å². The maximum absolute atomic E-state index is 8.57. The molecular weight excluding hydrogens is 210 g/mol. The van der Waals surface area contributed by atoms with Gasteiger partial charge in [0.2, 0.25) is 0 Å². The van der Waals surface area contributed by atoms with Crippen molar-refractivity contribution in [3.8, 4) is 6.07 Å². The van der Waals surface area contributed by atoms with E-state index >= 15 is 0 Å².